The van der Waals surface area contributed by atoms with Crippen molar-refractivity contribution in [3.05, 3.63) is 70.8 Å². The lowest BCUT2D eigenvalue weighted by Gasteiger charge is -2.16. The predicted octanol–water partition coefficient (Wildman–Crippen LogP) is 3.84. The fourth-order valence-electron chi connectivity index (χ4n) is 2.75. The lowest BCUT2D eigenvalue weighted by molar-refractivity contribution is 0.102. The van der Waals surface area contributed by atoms with Gasteiger partial charge in [0.1, 0.15) is 0 Å². The number of aromatic nitrogens is 2. The molecule has 9 heteroatoms. The molecule has 0 bridgehead atoms. The van der Waals surface area contributed by atoms with E-state index < -0.39 is 10.0 Å². The van der Waals surface area contributed by atoms with Crippen molar-refractivity contribution in [3.63, 3.8) is 0 Å². The van der Waals surface area contributed by atoms with Gasteiger partial charge < -0.3 is 0 Å². The van der Waals surface area contributed by atoms with Crippen LogP contribution in [0.15, 0.2) is 52.9 Å². The van der Waals surface area contributed by atoms with E-state index in [1.807, 2.05) is 51.1 Å². The Morgan fingerprint density at radius 3 is 2.45 bits per heavy atom. The minimum absolute atomic E-state index is 0.125. The van der Waals surface area contributed by atoms with Gasteiger partial charge in [-0.05, 0) is 38.0 Å². The molecule has 3 aromatic rings. The second-order valence-corrected chi connectivity index (χ2v) is 9.55. The third-order valence-corrected chi connectivity index (χ3v) is 7.00. The number of hydrogen-bond acceptors (Lipinski definition) is 6. The van der Waals surface area contributed by atoms with Crippen LogP contribution in [0.3, 0.4) is 0 Å². The van der Waals surface area contributed by atoms with Gasteiger partial charge in [-0.15, -0.1) is 10.2 Å². The fourth-order valence-corrected chi connectivity index (χ4v) is 4.97. The van der Waals surface area contributed by atoms with Gasteiger partial charge in [0.15, 0.2) is 0 Å². The number of benzene rings is 2. The minimum Gasteiger partial charge on any atom is -0.296 e. The van der Waals surface area contributed by atoms with E-state index in [-0.39, 0.29) is 21.4 Å². The Balaban J connectivity index is 1.74. The van der Waals surface area contributed by atoms with Crippen molar-refractivity contribution >= 4 is 32.4 Å². The molecule has 0 radical (unpaired) electrons. The first-order chi connectivity index (χ1) is 13.8. The highest BCUT2D eigenvalue weighted by atomic mass is 32.2. The van der Waals surface area contributed by atoms with Crippen molar-refractivity contribution in [1.29, 1.82) is 0 Å². The van der Waals surface area contributed by atoms with E-state index in [4.69, 9.17) is 0 Å². The first kappa shape index (κ1) is 21.1. The highest BCUT2D eigenvalue weighted by Gasteiger charge is 2.25. The summed E-state index contributed by atoms with van der Waals surface area (Å²) in [5.74, 6) is -0.368. The Morgan fingerprint density at radius 1 is 1.07 bits per heavy atom. The molecule has 0 aliphatic heterocycles. The Morgan fingerprint density at radius 2 is 1.79 bits per heavy atom. The van der Waals surface area contributed by atoms with E-state index >= 15 is 0 Å². The topological polar surface area (TPSA) is 101 Å². The summed E-state index contributed by atoms with van der Waals surface area (Å²) in [5.41, 5.74) is 3.39. The average Bonchev–Trinajstić information content (AvgIpc) is 3.16. The summed E-state index contributed by atoms with van der Waals surface area (Å²) in [6.07, 6.45) is 0.581. The molecular formula is C20H22N4O3S2. The van der Waals surface area contributed by atoms with E-state index in [0.717, 1.165) is 28.0 Å². The number of carbonyl (C=O) groups is 1. The normalized spacial score (nSPS) is 12.5. The van der Waals surface area contributed by atoms with E-state index in [2.05, 4.69) is 20.2 Å². The van der Waals surface area contributed by atoms with Crippen molar-refractivity contribution in [3.8, 4) is 0 Å². The molecule has 0 unspecified atom stereocenters. The maximum absolute atomic E-state index is 12.7. The summed E-state index contributed by atoms with van der Waals surface area (Å²) >= 11 is 0.813. The average molecular weight is 431 g/mol. The number of nitrogens with zero attached hydrogens (tertiary/aromatic N) is 2. The molecule has 1 atom stereocenters. The Labute approximate surface area is 174 Å². The van der Waals surface area contributed by atoms with E-state index in [9.17, 15) is 13.2 Å². The SMILES string of the molecule is CC[C@@H](NS(=O)(=O)c1nnc(NC(=O)c2cccc(C)c2)s1)c1ccc(C)cc1. The Bertz CT molecular complexity index is 1110. The third kappa shape index (κ3) is 5.26. The number of amides is 1. The zero-order chi connectivity index (χ0) is 21.0. The van der Waals surface area contributed by atoms with Gasteiger partial charge in [-0.1, -0.05) is 65.8 Å². The molecule has 2 N–H and O–H groups in total. The van der Waals surface area contributed by atoms with Crippen molar-refractivity contribution in [2.75, 3.05) is 5.32 Å². The monoisotopic (exact) mass is 430 g/mol. The smallest absolute Gasteiger partial charge is 0.270 e. The second kappa shape index (κ2) is 8.81. The lowest BCUT2D eigenvalue weighted by atomic mass is 10.0. The maximum atomic E-state index is 12.7. The lowest BCUT2D eigenvalue weighted by Crippen LogP contribution is -2.28. The van der Waals surface area contributed by atoms with E-state index in [1.165, 1.54) is 0 Å². The molecule has 0 fully saturated rings. The number of nitrogens with one attached hydrogen (secondary N) is 2. The van der Waals surface area contributed by atoms with Gasteiger partial charge in [-0.3, -0.25) is 10.1 Å². The maximum Gasteiger partial charge on any atom is 0.270 e. The van der Waals surface area contributed by atoms with E-state index in [0.29, 0.717) is 12.0 Å². The standard InChI is InChI=1S/C20H22N4O3S2/c1-4-17(15-10-8-13(2)9-11-15)24-29(26,27)20-23-22-19(28-20)21-18(25)16-7-5-6-14(3)12-16/h5-12,17,24H,4H2,1-3H3,(H,21,22,25)/t17-/m1/s1. The molecule has 0 saturated heterocycles. The molecule has 0 aliphatic rings. The van der Waals surface area contributed by atoms with Gasteiger partial charge >= 0.3 is 0 Å². The summed E-state index contributed by atoms with van der Waals surface area (Å²) in [6.45, 7) is 5.76. The van der Waals surface area contributed by atoms with Crippen LogP contribution in [-0.2, 0) is 10.0 Å². The first-order valence-corrected chi connectivity index (χ1v) is 11.4. The second-order valence-electron chi connectivity index (χ2n) is 6.69. The zero-order valence-electron chi connectivity index (χ0n) is 16.3. The third-order valence-electron chi connectivity index (χ3n) is 4.32. The largest absolute Gasteiger partial charge is 0.296 e. The molecule has 1 amide bonds. The molecule has 29 heavy (non-hydrogen) atoms. The molecule has 7 nitrogen and oxygen atoms in total. The summed E-state index contributed by atoms with van der Waals surface area (Å²) in [7, 11) is -3.87. The Kier molecular flexibility index (Phi) is 6.41. The van der Waals surface area contributed by atoms with Crippen molar-refractivity contribution in [1.82, 2.24) is 14.9 Å². The molecule has 1 aromatic heterocycles. The highest BCUT2D eigenvalue weighted by molar-refractivity contribution is 7.91. The molecule has 1 heterocycles. The number of aryl methyl sites for hydroxylation is 2. The van der Waals surface area contributed by atoms with Crippen LogP contribution in [-0.4, -0.2) is 24.5 Å². The number of rotatable bonds is 7. The van der Waals surface area contributed by atoms with Gasteiger partial charge in [0.25, 0.3) is 15.9 Å². The van der Waals surface area contributed by atoms with Crippen LogP contribution >= 0.6 is 11.3 Å². The molecule has 2 aromatic carbocycles. The molecule has 0 aliphatic carbocycles. The van der Waals surface area contributed by atoms with Gasteiger partial charge in [-0.25, -0.2) is 13.1 Å². The fraction of sp³-hybridized carbons (Fsp3) is 0.250. The van der Waals surface area contributed by atoms with Crippen molar-refractivity contribution in [2.45, 2.75) is 37.6 Å². The molecule has 3 rings (SSSR count). The number of hydrogen-bond donors (Lipinski definition) is 2. The van der Waals surface area contributed by atoms with Crippen LogP contribution in [0.1, 0.15) is 46.4 Å². The summed E-state index contributed by atoms with van der Waals surface area (Å²) in [6, 6.07) is 14.4. The number of sulfonamides is 1. The van der Waals surface area contributed by atoms with Gasteiger partial charge in [0.2, 0.25) is 9.47 Å². The van der Waals surface area contributed by atoms with Gasteiger partial charge in [0, 0.05) is 11.6 Å². The van der Waals surface area contributed by atoms with Crippen LogP contribution in [0.25, 0.3) is 0 Å². The zero-order valence-corrected chi connectivity index (χ0v) is 18.0. The summed E-state index contributed by atoms with van der Waals surface area (Å²) < 4.78 is 28.0. The van der Waals surface area contributed by atoms with Crippen LogP contribution in [0.4, 0.5) is 5.13 Å². The Hall–Kier alpha value is -2.62. The summed E-state index contributed by atoms with van der Waals surface area (Å²) in [5, 5.41) is 10.3. The summed E-state index contributed by atoms with van der Waals surface area (Å²) in [4.78, 5) is 12.3. The van der Waals surface area contributed by atoms with Crippen LogP contribution < -0.4 is 10.0 Å². The van der Waals surface area contributed by atoms with Gasteiger partial charge in [0.05, 0.1) is 0 Å². The number of carbonyl (C=O) groups excluding carboxylic acids is 1. The molecule has 0 saturated carbocycles. The van der Waals surface area contributed by atoms with Crippen LogP contribution in [0, 0.1) is 13.8 Å². The van der Waals surface area contributed by atoms with Crippen molar-refractivity contribution in [2.24, 2.45) is 0 Å². The van der Waals surface area contributed by atoms with Crippen LogP contribution in [0.2, 0.25) is 0 Å². The van der Waals surface area contributed by atoms with Crippen molar-refractivity contribution < 1.29 is 13.2 Å². The highest BCUT2D eigenvalue weighted by Crippen LogP contribution is 2.24. The molecule has 152 valence electrons. The van der Waals surface area contributed by atoms with E-state index in [1.54, 1.807) is 18.2 Å². The first-order valence-electron chi connectivity index (χ1n) is 9.09. The minimum atomic E-state index is -3.87. The van der Waals surface area contributed by atoms with Crippen LogP contribution in [0.5, 0.6) is 0 Å². The molecule has 0 spiro atoms. The molecular weight excluding hydrogens is 408 g/mol. The van der Waals surface area contributed by atoms with Gasteiger partial charge in [-0.2, -0.15) is 0 Å². The predicted molar refractivity (Wildman–Crippen MR) is 114 cm³/mol. The number of anilines is 1. The quantitative estimate of drug-likeness (QED) is 0.555.